The van der Waals surface area contributed by atoms with Crippen LogP contribution in [0.25, 0.3) is 0 Å². The van der Waals surface area contributed by atoms with Crippen LogP contribution in [-0.2, 0) is 16.0 Å². The molecule has 2 aromatic carbocycles. The Morgan fingerprint density at radius 3 is 2.43 bits per heavy atom. The number of hydrazine groups is 1. The quantitative estimate of drug-likeness (QED) is 0.344. The molecule has 10 heteroatoms. The van der Waals surface area contributed by atoms with Crippen molar-refractivity contribution in [2.45, 2.75) is 25.3 Å². The van der Waals surface area contributed by atoms with Gasteiger partial charge >= 0.3 is 6.03 Å². The van der Waals surface area contributed by atoms with Gasteiger partial charge in [-0.2, -0.15) is 0 Å². The minimum atomic E-state index is -0.930. The largest absolute Gasteiger partial charge is 0.492 e. The number of carbonyl (C=O) groups excluding carboxylic acids is 3. The maximum Gasteiger partial charge on any atom is 0.312 e. The molecule has 1 atom stereocenters. The van der Waals surface area contributed by atoms with Gasteiger partial charge in [0.15, 0.2) is 0 Å². The van der Waals surface area contributed by atoms with E-state index in [1.165, 1.54) is 0 Å². The molecule has 0 aliphatic carbocycles. The van der Waals surface area contributed by atoms with E-state index in [1.54, 1.807) is 18.2 Å². The standard InChI is InChI=1S/C20H22Cl2N4O4/c21-14-8-9-17(15(22)12-14)30-10-4-7-18(27)25-26-19(28)16(24-20(23)29)11-13-5-2-1-3-6-13/h1-3,5-6,8-9,12,16H,4,7,10-11H2,(H,25,27)(H,26,28)(H3,23,24,29). The molecule has 4 amide bonds. The van der Waals surface area contributed by atoms with Crippen molar-refractivity contribution < 1.29 is 19.1 Å². The molecule has 0 saturated heterocycles. The number of amides is 4. The molecule has 0 aliphatic heterocycles. The Bertz CT molecular complexity index is 880. The lowest BCUT2D eigenvalue weighted by atomic mass is 10.1. The Labute approximate surface area is 184 Å². The van der Waals surface area contributed by atoms with Crippen molar-refractivity contribution in [3.05, 3.63) is 64.1 Å². The van der Waals surface area contributed by atoms with Gasteiger partial charge in [-0.3, -0.25) is 20.4 Å². The molecule has 0 spiro atoms. The number of primary amides is 1. The van der Waals surface area contributed by atoms with Crippen LogP contribution in [0.3, 0.4) is 0 Å². The van der Waals surface area contributed by atoms with E-state index in [9.17, 15) is 14.4 Å². The molecule has 0 heterocycles. The van der Waals surface area contributed by atoms with Gasteiger partial charge in [0.05, 0.1) is 11.6 Å². The number of ether oxygens (including phenoxy) is 1. The normalized spacial score (nSPS) is 11.3. The summed E-state index contributed by atoms with van der Waals surface area (Å²) in [5.74, 6) is -0.530. The van der Waals surface area contributed by atoms with Crippen LogP contribution >= 0.6 is 23.2 Å². The molecule has 0 radical (unpaired) electrons. The highest BCUT2D eigenvalue weighted by Crippen LogP contribution is 2.27. The lowest BCUT2D eigenvalue weighted by Crippen LogP contribution is -2.54. The van der Waals surface area contributed by atoms with Gasteiger partial charge in [-0.15, -0.1) is 0 Å². The Kier molecular flexibility index (Phi) is 9.24. The molecule has 5 N–H and O–H groups in total. The van der Waals surface area contributed by atoms with Gasteiger partial charge in [-0.1, -0.05) is 53.5 Å². The molecular formula is C20H22Cl2N4O4. The van der Waals surface area contributed by atoms with Crippen LogP contribution in [0.1, 0.15) is 18.4 Å². The van der Waals surface area contributed by atoms with Gasteiger partial charge in [0.1, 0.15) is 11.8 Å². The molecule has 0 aromatic heterocycles. The third kappa shape index (κ3) is 8.18. The molecule has 2 rings (SSSR count). The van der Waals surface area contributed by atoms with Gasteiger partial charge in [-0.25, -0.2) is 4.79 Å². The second kappa shape index (κ2) is 11.9. The van der Waals surface area contributed by atoms with Crippen LogP contribution in [0.4, 0.5) is 4.79 Å². The van der Waals surface area contributed by atoms with E-state index in [0.29, 0.717) is 22.2 Å². The van der Waals surface area contributed by atoms with Crippen LogP contribution < -0.4 is 26.6 Å². The maximum absolute atomic E-state index is 12.3. The van der Waals surface area contributed by atoms with Crippen LogP contribution in [-0.4, -0.2) is 30.5 Å². The van der Waals surface area contributed by atoms with Crippen LogP contribution in [0.5, 0.6) is 5.75 Å². The van der Waals surface area contributed by atoms with Crippen molar-refractivity contribution in [2.75, 3.05) is 6.61 Å². The minimum Gasteiger partial charge on any atom is -0.492 e. The Morgan fingerprint density at radius 1 is 1.03 bits per heavy atom. The number of carbonyl (C=O) groups is 3. The van der Waals surface area contributed by atoms with Gasteiger partial charge in [0, 0.05) is 17.9 Å². The molecule has 2 aromatic rings. The number of nitrogens with two attached hydrogens (primary N) is 1. The summed E-state index contributed by atoms with van der Waals surface area (Å²) in [5, 5.41) is 3.24. The number of nitrogens with one attached hydrogen (secondary N) is 3. The van der Waals surface area contributed by atoms with E-state index in [2.05, 4.69) is 16.2 Å². The molecule has 8 nitrogen and oxygen atoms in total. The zero-order chi connectivity index (χ0) is 21.9. The molecular weight excluding hydrogens is 431 g/mol. The lowest BCUT2D eigenvalue weighted by Gasteiger charge is -2.17. The van der Waals surface area contributed by atoms with Crippen LogP contribution in [0.2, 0.25) is 10.0 Å². The first-order valence-corrected chi connectivity index (χ1v) is 9.87. The highest BCUT2D eigenvalue weighted by Gasteiger charge is 2.20. The third-order valence-electron chi connectivity index (χ3n) is 3.94. The molecule has 1 unspecified atom stereocenters. The van der Waals surface area contributed by atoms with Gasteiger partial charge in [0.2, 0.25) is 5.91 Å². The fourth-order valence-corrected chi connectivity index (χ4v) is 2.98. The average Bonchev–Trinajstić information content (AvgIpc) is 2.70. The number of rotatable bonds is 9. The van der Waals surface area contributed by atoms with E-state index in [4.69, 9.17) is 33.7 Å². The second-order valence-electron chi connectivity index (χ2n) is 6.32. The number of urea groups is 1. The summed E-state index contributed by atoms with van der Waals surface area (Å²) in [7, 11) is 0. The van der Waals surface area contributed by atoms with Gasteiger partial charge < -0.3 is 15.8 Å². The summed E-state index contributed by atoms with van der Waals surface area (Å²) >= 11 is 11.8. The van der Waals surface area contributed by atoms with Crippen molar-refractivity contribution in [3.63, 3.8) is 0 Å². The zero-order valence-corrected chi connectivity index (χ0v) is 17.5. The number of halogens is 2. The van der Waals surface area contributed by atoms with Crippen molar-refractivity contribution in [3.8, 4) is 5.75 Å². The van der Waals surface area contributed by atoms with E-state index < -0.39 is 23.9 Å². The predicted molar refractivity (Wildman–Crippen MR) is 114 cm³/mol. The van der Waals surface area contributed by atoms with Gasteiger partial charge in [-0.05, 0) is 30.2 Å². The summed E-state index contributed by atoms with van der Waals surface area (Å²) < 4.78 is 5.50. The smallest absolute Gasteiger partial charge is 0.312 e. The fourth-order valence-electron chi connectivity index (χ4n) is 2.52. The Morgan fingerprint density at radius 2 is 1.77 bits per heavy atom. The lowest BCUT2D eigenvalue weighted by molar-refractivity contribution is -0.130. The van der Waals surface area contributed by atoms with E-state index in [-0.39, 0.29) is 19.4 Å². The summed E-state index contributed by atoms with van der Waals surface area (Å²) in [4.78, 5) is 35.4. The SMILES string of the molecule is NC(=O)NC(Cc1ccccc1)C(=O)NNC(=O)CCCOc1ccc(Cl)cc1Cl. The summed E-state index contributed by atoms with van der Waals surface area (Å²) in [5.41, 5.74) is 10.6. The summed E-state index contributed by atoms with van der Waals surface area (Å²) in [6.45, 7) is 0.253. The molecule has 160 valence electrons. The van der Waals surface area contributed by atoms with Crippen molar-refractivity contribution in [2.24, 2.45) is 5.73 Å². The highest BCUT2D eigenvalue weighted by atomic mass is 35.5. The summed E-state index contributed by atoms with van der Waals surface area (Å²) in [6, 6.07) is 12.2. The molecule has 0 bridgehead atoms. The first-order valence-electron chi connectivity index (χ1n) is 9.11. The first-order chi connectivity index (χ1) is 14.3. The van der Waals surface area contributed by atoms with E-state index in [0.717, 1.165) is 5.56 Å². The topological polar surface area (TPSA) is 123 Å². The Hall–Kier alpha value is -2.97. The van der Waals surface area contributed by atoms with Crippen molar-refractivity contribution in [1.82, 2.24) is 16.2 Å². The van der Waals surface area contributed by atoms with Crippen LogP contribution in [0.15, 0.2) is 48.5 Å². The van der Waals surface area contributed by atoms with Crippen molar-refractivity contribution >= 4 is 41.0 Å². The molecule has 0 fully saturated rings. The highest BCUT2D eigenvalue weighted by molar-refractivity contribution is 6.35. The average molecular weight is 453 g/mol. The Balaban J connectivity index is 1.74. The number of hydrogen-bond donors (Lipinski definition) is 4. The monoisotopic (exact) mass is 452 g/mol. The van der Waals surface area contributed by atoms with Gasteiger partial charge in [0.25, 0.3) is 5.91 Å². The molecule has 0 aliphatic rings. The minimum absolute atomic E-state index is 0.109. The number of benzene rings is 2. The first kappa shape index (κ1) is 23.3. The fraction of sp³-hybridized carbons (Fsp3) is 0.250. The van der Waals surface area contributed by atoms with Crippen molar-refractivity contribution in [1.29, 1.82) is 0 Å². The van der Waals surface area contributed by atoms with Crippen LogP contribution in [0, 0.1) is 0 Å². The number of hydrogen-bond acceptors (Lipinski definition) is 4. The zero-order valence-electron chi connectivity index (χ0n) is 16.0. The molecule has 0 saturated carbocycles. The van der Waals surface area contributed by atoms with E-state index >= 15 is 0 Å². The van der Waals surface area contributed by atoms with E-state index in [1.807, 2.05) is 30.3 Å². The summed E-state index contributed by atoms with van der Waals surface area (Å²) in [6.07, 6.45) is 0.729. The third-order valence-corrected chi connectivity index (χ3v) is 4.47. The molecule has 30 heavy (non-hydrogen) atoms. The second-order valence-corrected chi connectivity index (χ2v) is 7.16. The maximum atomic E-state index is 12.3. The predicted octanol–water partition coefficient (Wildman–Crippen LogP) is 2.58.